The van der Waals surface area contributed by atoms with Crippen molar-refractivity contribution in [1.82, 2.24) is 9.97 Å². The van der Waals surface area contributed by atoms with Gasteiger partial charge < -0.3 is 44.2 Å². The van der Waals surface area contributed by atoms with Crippen LogP contribution in [-0.4, -0.2) is 66.4 Å². The van der Waals surface area contributed by atoms with Gasteiger partial charge in [-0.25, -0.2) is 18.7 Å². The summed E-state index contributed by atoms with van der Waals surface area (Å²) in [5, 5.41) is 15.3. The third kappa shape index (κ3) is 7.63. The lowest BCUT2D eigenvalue weighted by molar-refractivity contribution is -0.0215. The molecule has 17 nitrogen and oxygen atoms in total. The molecule has 2 aliphatic carbocycles. The number of rotatable bonds is 10. The maximum Gasteiger partial charge on any atom is 0.490 e. The number of phosphoric ester groups is 1. The maximum atomic E-state index is 13.2. The molecule has 272 valence electrons. The summed E-state index contributed by atoms with van der Waals surface area (Å²) in [7, 11) is -16.7. The number of benzene rings is 2. The smallest absolute Gasteiger partial charge is 0.390 e. The number of aliphatic hydroxyl groups is 1. The highest BCUT2D eigenvalue weighted by molar-refractivity contribution is 7.66. The number of aliphatic hydroxyl groups excluding tert-OH is 1. The Morgan fingerprint density at radius 1 is 1.06 bits per heavy atom. The van der Waals surface area contributed by atoms with Gasteiger partial charge in [0.2, 0.25) is 0 Å². The Kier molecular flexibility index (Phi) is 9.41. The first-order valence-corrected chi connectivity index (χ1v) is 20.4. The van der Waals surface area contributed by atoms with Crippen LogP contribution in [-0.2, 0) is 31.6 Å². The maximum absolute atomic E-state index is 13.2. The Hall–Kier alpha value is -3.27. The van der Waals surface area contributed by atoms with E-state index in [0.29, 0.717) is 23.6 Å². The quantitative estimate of drug-likeness (QED) is 0.128. The van der Waals surface area contributed by atoms with Crippen molar-refractivity contribution in [3.05, 3.63) is 80.9 Å². The van der Waals surface area contributed by atoms with Crippen LogP contribution in [0.5, 0.6) is 0 Å². The number of allylic oxidation sites excluding steroid dienone is 2. The Labute approximate surface area is 290 Å². The zero-order valence-corrected chi connectivity index (χ0v) is 29.8. The van der Waals surface area contributed by atoms with E-state index in [9.17, 15) is 33.4 Å². The van der Waals surface area contributed by atoms with E-state index in [1.165, 1.54) is 10.4 Å². The van der Waals surface area contributed by atoms with E-state index in [1.807, 2.05) is 12.1 Å². The summed E-state index contributed by atoms with van der Waals surface area (Å²) in [4.78, 5) is 60.4. The number of hydrogen-bond donors (Lipinski definition) is 6. The summed E-state index contributed by atoms with van der Waals surface area (Å²) < 4.78 is 52.8. The summed E-state index contributed by atoms with van der Waals surface area (Å²) >= 11 is 0. The van der Waals surface area contributed by atoms with Crippen molar-refractivity contribution in [2.24, 2.45) is 17.8 Å². The minimum atomic E-state index is -5.72. The molecule has 51 heavy (non-hydrogen) atoms. The molecule has 7 rings (SSSR count). The molecule has 0 saturated carbocycles. The van der Waals surface area contributed by atoms with Crippen molar-refractivity contribution >= 4 is 64.0 Å². The molecule has 1 aromatic heterocycles. The molecule has 6 N–H and O–H groups in total. The second-order valence-corrected chi connectivity index (χ2v) is 17.2. The van der Waals surface area contributed by atoms with Gasteiger partial charge in [-0.05, 0) is 57.7 Å². The van der Waals surface area contributed by atoms with Crippen LogP contribution in [0.15, 0.2) is 53.5 Å². The highest BCUT2D eigenvalue weighted by atomic mass is 31.3. The van der Waals surface area contributed by atoms with Gasteiger partial charge in [0.05, 0.1) is 19.4 Å². The summed E-state index contributed by atoms with van der Waals surface area (Å²) in [6.45, 7) is 3.10. The molecule has 2 aliphatic heterocycles. The highest BCUT2D eigenvalue weighted by Crippen LogP contribution is 2.66. The van der Waals surface area contributed by atoms with Crippen LogP contribution in [0.2, 0.25) is 0 Å². The van der Waals surface area contributed by atoms with Gasteiger partial charge in [-0.1, -0.05) is 55.5 Å². The number of nitrogens with one attached hydrogen (secondary N) is 1. The van der Waals surface area contributed by atoms with Gasteiger partial charge in [-0.3, -0.25) is 9.32 Å². The highest BCUT2D eigenvalue weighted by Gasteiger charge is 2.45. The number of aromatic amines is 1. The van der Waals surface area contributed by atoms with Crippen LogP contribution in [0.1, 0.15) is 24.7 Å². The summed E-state index contributed by atoms with van der Waals surface area (Å²) in [5.41, 5.74) is 0.736. The Balaban J connectivity index is 1.09. The van der Waals surface area contributed by atoms with Gasteiger partial charge in [0, 0.05) is 18.5 Å². The van der Waals surface area contributed by atoms with Crippen molar-refractivity contribution in [2.75, 3.05) is 23.1 Å². The largest absolute Gasteiger partial charge is 0.490 e. The molecule has 8 unspecified atom stereocenters. The van der Waals surface area contributed by atoms with Gasteiger partial charge in [0.1, 0.15) is 18.2 Å². The predicted octanol–water partition coefficient (Wildman–Crippen LogP) is 2.32. The molecule has 0 radical (unpaired) electrons. The molecule has 8 atom stereocenters. The minimum absolute atomic E-state index is 0.0474. The number of aryl methyl sites for hydroxylation is 1. The van der Waals surface area contributed by atoms with Crippen LogP contribution in [0.3, 0.4) is 0 Å². The van der Waals surface area contributed by atoms with E-state index >= 15 is 0 Å². The number of H-pyrrole nitrogens is 1. The van der Waals surface area contributed by atoms with Crippen molar-refractivity contribution < 1.29 is 56.3 Å². The van der Waals surface area contributed by atoms with Crippen LogP contribution in [0.25, 0.3) is 29.0 Å². The summed E-state index contributed by atoms with van der Waals surface area (Å²) in [6.07, 6.45) is 9.41. The SMILES string of the molecule is Cc1nc2c(c(=O)[nH]1)N(/C=C/c1ccc3ccc4c(c3c1)=CC1C(C)C=CC1C=4)CN2C1CC(O)C(COP(=O)(O)OP(=O)(O)OP(=O)(O)O)O1. The van der Waals surface area contributed by atoms with Crippen LogP contribution >= 0.6 is 23.5 Å². The zero-order chi connectivity index (χ0) is 36.5. The van der Waals surface area contributed by atoms with Gasteiger partial charge >= 0.3 is 23.5 Å². The standard InChI is InChI=1S/C31H35N4O13P3/c1-17-3-5-21-12-22-8-7-20-6-4-19(11-24(20)25(22)13-23(17)21)9-10-34-16-35(30-29(34)31(37)33-18(2)32-30)28-14-26(36)27(46-28)15-45-50(41,42)48-51(43,44)47-49(38,39)40/h3-13,17,21,23,26-28,36H,14-16H2,1-2H3,(H,41,42)(H,43,44)(H,32,33,37)(H2,38,39,40)/b10-9+. The Morgan fingerprint density at radius 3 is 2.59 bits per heavy atom. The van der Waals surface area contributed by atoms with Gasteiger partial charge in [0.25, 0.3) is 5.56 Å². The lowest BCUT2D eigenvalue weighted by atomic mass is 9.83. The number of aromatic nitrogens is 2. The molecular formula is C31H35N4O13P3. The van der Waals surface area contributed by atoms with Crippen molar-refractivity contribution in [3.8, 4) is 0 Å². The lowest BCUT2D eigenvalue weighted by Crippen LogP contribution is -2.38. The van der Waals surface area contributed by atoms with Crippen LogP contribution in [0.4, 0.5) is 11.5 Å². The third-order valence-corrected chi connectivity index (χ3v) is 13.0. The number of phosphoric acid groups is 3. The average molecular weight is 765 g/mol. The number of hydrogen-bond acceptors (Lipinski definition) is 12. The number of fused-ring (bicyclic) bond motifs is 5. The molecule has 3 aromatic rings. The van der Waals surface area contributed by atoms with Crippen molar-refractivity contribution in [1.29, 1.82) is 0 Å². The number of anilines is 2. The van der Waals surface area contributed by atoms with E-state index < -0.39 is 54.1 Å². The first-order valence-electron chi connectivity index (χ1n) is 15.8. The van der Waals surface area contributed by atoms with Crippen LogP contribution < -0.4 is 25.8 Å². The van der Waals surface area contributed by atoms with Gasteiger partial charge in [-0.2, -0.15) is 8.62 Å². The Bertz CT molecular complexity index is 2290. The molecule has 0 bridgehead atoms. The molecular weight excluding hydrogens is 729 g/mol. The van der Waals surface area contributed by atoms with Gasteiger partial charge in [0.15, 0.2) is 11.5 Å². The fourth-order valence-corrected chi connectivity index (χ4v) is 9.96. The fraction of sp³-hybridized carbons (Fsp3) is 0.355. The van der Waals surface area contributed by atoms with E-state index in [0.717, 1.165) is 16.3 Å². The van der Waals surface area contributed by atoms with Crippen molar-refractivity contribution in [3.63, 3.8) is 0 Å². The zero-order valence-electron chi connectivity index (χ0n) is 27.1. The summed E-state index contributed by atoms with van der Waals surface area (Å²) in [5.74, 6) is 1.87. The molecule has 2 aromatic carbocycles. The normalized spacial score (nSPS) is 27.9. The van der Waals surface area contributed by atoms with E-state index in [1.54, 1.807) is 22.9 Å². The predicted molar refractivity (Wildman–Crippen MR) is 185 cm³/mol. The topological polar surface area (TPSA) is 242 Å². The molecule has 1 saturated heterocycles. The molecule has 3 heterocycles. The second-order valence-electron chi connectivity index (χ2n) is 12.8. The lowest BCUT2D eigenvalue weighted by Gasteiger charge is -2.26. The third-order valence-electron chi connectivity index (χ3n) is 9.22. The van der Waals surface area contributed by atoms with E-state index in [-0.39, 0.29) is 24.6 Å². The number of ether oxygens (including phenoxy) is 1. The molecule has 0 amide bonds. The number of nitrogens with zero attached hydrogens (tertiary/aromatic N) is 3. The van der Waals surface area contributed by atoms with E-state index in [2.05, 4.69) is 78.6 Å². The molecule has 4 aliphatic rings. The molecule has 20 heteroatoms. The fourth-order valence-electron chi connectivity index (χ4n) is 6.93. The molecule has 0 spiro atoms. The van der Waals surface area contributed by atoms with Gasteiger partial charge in [-0.15, -0.1) is 0 Å². The Morgan fingerprint density at radius 2 is 1.82 bits per heavy atom. The first-order chi connectivity index (χ1) is 24.0. The minimum Gasteiger partial charge on any atom is -0.390 e. The molecule has 1 fully saturated rings. The average Bonchev–Trinajstić information content (AvgIpc) is 3.70. The monoisotopic (exact) mass is 764 g/mol. The second kappa shape index (κ2) is 13.3. The van der Waals surface area contributed by atoms with Crippen LogP contribution in [0, 0.1) is 24.7 Å². The van der Waals surface area contributed by atoms with E-state index in [4.69, 9.17) is 14.5 Å². The first kappa shape index (κ1) is 36.1. The summed E-state index contributed by atoms with van der Waals surface area (Å²) in [6, 6.07) is 10.4. The van der Waals surface area contributed by atoms with Crippen molar-refractivity contribution in [2.45, 2.75) is 38.7 Å².